The van der Waals surface area contributed by atoms with E-state index in [0.29, 0.717) is 24.3 Å². The van der Waals surface area contributed by atoms with Crippen molar-refractivity contribution in [1.82, 2.24) is 5.32 Å². The predicted molar refractivity (Wildman–Crippen MR) is 67.6 cm³/mol. The fourth-order valence-electron chi connectivity index (χ4n) is 1.62. The monoisotopic (exact) mass is 254 g/mol. The number of halogens is 1. The molecule has 0 aromatic heterocycles. The van der Waals surface area contributed by atoms with E-state index in [-0.39, 0.29) is 24.2 Å². The molecule has 0 saturated carbocycles. The van der Waals surface area contributed by atoms with E-state index in [1.807, 2.05) is 6.92 Å². The van der Waals surface area contributed by atoms with E-state index in [2.05, 4.69) is 5.32 Å². The van der Waals surface area contributed by atoms with Gasteiger partial charge in [0.2, 0.25) is 5.91 Å². The van der Waals surface area contributed by atoms with E-state index < -0.39 is 0 Å². The van der Waals surface area contributed by atoms with E-state index in [1.165, 1.54) is 19.2 Å². The Kier molecular flexibility index (Phi) is 5.58. The number of nitrogens with one attached hydrogen (secondary N) is 1. The highest BCUT2D eigenvalue weighted by molar-refractivity contribution is 5.78. The molecule has 0 radical (unpaired) electrons. The Morgan fingerprint density at radius 2 is 2.28 bits per heavy atom. The van der Waals surface area contributed by atoms with Crippen LogP contribution in [0.1, 0.15) is 18.9 Å². The van der Waals surface area contributed by atoms with Gasteiger partial charge < -0.3 is 15.8 Å². The molecule has 1 aromatic rings. The molecule has 100 valence electrons. The third-order valence-electron chi connectivity index (χ3n) is 2.74. The van der Waals surface area contributed by atoms with Crippen molar-refractivity contribution in [3.63, 3.8) is 0 Å². The lowest BCUT2D eigenvalue weighted by Gasteiger charge is -2.13. The zero-order valence-corrected chi connectivity index (χ0v) is 10.7. The summed E-state index contributed by atoms with van der Waals surface area (Å²) in [5.41, 5.74) is 6.01. The minimum Gasteiger partial charge on any atom is -0.496 e. The van der Waals surface area contributed by atoms with Crippen molar-refractivity contribution in [3.8, 4) is 5.75 Å². The van der Waals surface area contributed by atoms with Crippen LogP contribution in [-0.4, -0.2) is 19.6 Å². The molecule has 0 fully saturated rings. The highest BCUT2D eigenvalue weighted by atomic mass is 19.1. The van der Waals surface area contributed by atoms with Gasteiger partial charge in [-0.15, -0.1) is 0 Å². The second-order valence-corrected chi connectivity index (χ2v) is 4.15. The van der Waals surface area contributed by atoms with Gasteiger partial charge in [-0.1, -0.05) is 6.92 Å². The molecule has 4 nitrogen and oxygen atoms in total. The summed E-state index contributed by atoms with van der Waals surface area (Å²) in [4.78, 5) is 11.7. The first kappa shape index (κ1) is 14.4. The lowest BCUT2D eigenvalue weighted by atomic mass is 10.1. The summed E-state index contributed by atoms with van der Waals surface area (Å²) in [5, 5.41) is 2.74. The number of benzene rings is 1. The largest absolute Gasteiger partial charge is 0.496 e. The molecule has 5 heteroatoms. The number of nitrogens with two attached hydrogens (primary N) is 1. The van der Waals surface area contributed by atoms with Gasteiger partial charge in [-0.25, -0.2) is 4.39 Å². The number of ether oxygens (including phenoxy) is 1. The predicted octanol–water partition coefficient (Wildman–Crippen LogP) is 1.44. The zero-order chi connectivity index (χ0) is 13.5. The summed E-state index contributed by atoms with van der Waals surface area (Å²) in [5.74, 6) is -0.0282. The molecular formula is C13H19FN2O2. The molecule has 0 saturated heterocycles. The van der Waals surface area contributed by atoms with Crippen LogP contribution in [-0.2, 0) is 11.3 Å². The van der Waals surface area contributed by atoms with Crippen LogP contribution in [0.25, 0.3) is 0 Å². The molecule has 0 aliphatic carbocycles. The maximum atomic E-state index is 13.1. The Morgan fingerprint density at radius 1 is 1.56 bits per heavy atom. The molecule has 0 bridgehead atoms. The second kappa shape index (κ2) is 6.96. The van der Waals surface area contributed by atoms with Crippen molar-refractivity contribution in [2.24, 2.45) is 11.7 Å². The summed E-state index contributed by atoms with van der Waals surface area (Å²) in [7, 11) is 1.51. The van der Waals surface area contributed by atoms with E-state index in [9.17, 15) is 9.18 Å². The van der Waals surface area contributed by atoms with Crippen molar-refractivity contribution in [1.29, 1.82) is 0 Å². The number of rotatable bonds is 6. The molecule has 0 spiro atoms. The Bertz CT molecular complexity index is 410. The molecular weight excluding hydrogens is 235 g/mol. The van der Waals surface area contributed by atoms with Gasteiger partial charge in [0.05, 0.1) is 7.11 Å². The van der Waals surface area contributed by atoms with Crippen LogP contribution in [0.15, 0.2) is 18.2 Å². The van der Waals surface area contributed by atoms with Gasteiger partial charge in [-0.05, 0) is 31.2 Å². The van der Waals surface area contributed by atoms with Crippen molar-refractivity contribution in [2.45, 2.75) is 19.9 Å². The summed E-state index contributed by atoms with van der Waals surface area (Å²) >= 11 is 0. The number of methoxy groups -OCH3 is 1. The minimum absolute atomic E-state index is 0.0910. The minimum atomic E-state index is -0.352. The summed E-state index contributed by atoms with van der Waals surface area (Å²) < 4.78 is 18.2. The number of hydrogen-bond acceptors (Lipinski definition) is 3. The molecule has 1 aromatic carbocycles. The molecule has 0 aliphatic rings. The molecule has 0 aliphatic heterocycles. The lowest BCUT2D eigenvalue weighted by Crippen LogP contribution is -2.30. The topological polar surface area (TPSA) is 64.3 Å². The fraction of sp³-hybridized carbons (Fsp3) is 0.462. The number of carbonyl (C=O) groups excluding carboxylic acids is 1. The summed E-state index contributed by atoms with van der Waals surface area (Å²) in [6.45, 7) is 2.53. The van der Waals surface area contributed by atoms with Crippen molar-refractivity contribution < 1.29 is 13.9 Å². The van der Waals surface area contributed by atoms with Crippen LogP contribution in [0.5, 0.6) is 5.75 Å². The maximum absolute atomic E-state index is 13.1. The van der Waals surface area contributed by atoms with E-state index >= 15 is 0 Å². The fourth-order valence-corrected chi connectivity index (χ4v) is 1.62. The van der Waals surface area contributed by atoms with E-state index in [4.69, 9.17) is 10.5 Å². The van der Waals surface area contributed by atoms with E-state index in [1.54, 1.807) is 6.07 Å². The third-order valence-corrected chi connectivity index (χ3v) is 2.74. The van der Waals surface area contributed by atoms with E-state index in [0.717, 1.165) is 0 Å². The highest BCUT2D eigenvalue weighted by Crippen LogP contribution is 2.19. The maximum Gasteiger partial charge on any atom is 0.223 e. The van der Waals surface area contributed by atoms with Crippen LogP contribution in [0.4, 0.5) is 4.39 Å². The Balaban J connectivity index is 2.62. The summed E-state index contributed by atoms with van der Waals surface area (Å²) in [6.07, 6.45) is 0.631. The first-order valence-electron chi connectivity index (χ1n) is 5.88. The molecule has 0 heterocycles. The number of hydrogen-bond donors (Lipinski definition) is 2. The van der Waals surface area contributed by atoms with Gasteiger partial charge in [0.15, 0.2) is 0 Å². The van der Waals surface area contributed by atoms with Crippen molar-refractivity contribution in [2.75, 3.05) is 13.7 Å². The quantitative estimate of drug-likeness (QED) is 0.807. The van der Waals surface area contributed by atoms with Crippen LogP contribution >= 0.6 is 0 Å². The van der Waals surface area contributed by atoms with Gasteiger partial charge >= 0.3 is 0 Å². The van der Waals surface area contributed by atoms with Crippen LogP contribution in [0.2, 0.25) is 0 Å². The molecule has 1 rings (SSSR count). The number of amides is 1. The first-order valence-corrected chi connectivity index (χ1v) is 5.88. The second-order valence-electron chi connectivity index (χ2n) is 4.15. The average Bonchev–Trinajstić information content (AvgIpc) is 2.36. The van der Waals surface area contributed by atoms with Gasteiger partial charge in [0.1, 0.15) is 11.6 Å². The summed E-state index contributed by atoms with van der Waals surface area (Å²) in [6, 6.07) is 4.22. The van der Waals surface area contributed by atoms with Gasteiger partial charge in [0, 0.05) is 18.0 Å². The molecule has 1 amide bonds. The standard InChI is InChI=1S/C13H19FN2O2/c1-9(5-6-15)13(17)16-8-10-7-11(14)3-4-12(10)18-2/h3-4,7,9H,5-6,8,15H2,1-2H3,(H,16,17). The lowest BCUT2D eigenvalue weighted by molar-refractivity contribution is -0.124. The van der Waals surface area contributed by atoms with Gasteiger partial charge in [-0.2, -0.15) is 0 Å². The molecule has 18 heavy (non-hydrogen) atoms. The zero-order valence-electron chi connectivity index (χ0n) is 10.7. The molecule has 3 N–H and O–H groups in total. The van der Waals surface area contributed by atoms with Crippen LogP contribution in [0, 0.1) is 11.7 Å². The first-order chi connectivity index (χ1) is 8.58. The normalized spacial score (nSPS) is 12.0. The Morgan fingerprint density at radius 3 is 2.89 bits per heavy atom. The van der Waals surface area contributed by atoms with Crippen molar-refractivity contribution >= 4 is 5.91 Å². The highest BCUT2D eigenvalue weighted by Gasteiger charge is 2.12. The van der Waals surface area contributed by atoms with Crippen LogP contribution in [0.3, 0.4) is 0 Å². The third kappa shape index (κ3) is 4.00. The smallest absolute Gasteiger partial charge is 0.223 e. The molecule has 1 atom stereocenters. The SMILES string of the molecule is COc1ccc(F)cc1CNC(=O)C(C)CCN. The molecule has 1 unspecified atom stereocenters. The Hall–Kier alpha value is -1.62. The number of carbonyl (C=O) groups is 1. The van der Waals surface area contributed by atoms with Crippen molar-refractivity contribution in [3.05, 3.63) is 29.6 Å². The van der Waals surface area contributed by atoms with Crippen LogP contribution < -0.4 is 15.8 Å². The van der Waals surface area contributed by atoms with Gasteiger partial charge in [0.25, 0.3) is 0 Å². The average molecular weight is 254 g/mol. The Labute approximate surface area is 106 Å². The van der Waals surface area contributed by atoms with Gasteiger partial charge in [-0.3, -0.25) is 4.79 Å².